The van der Waals surface area contributed by atoms with E-state index in [0.717, 1.165) is 12.4 Å². The highest BCUT2D eigenvalue weighted by atomic mass is 35.5. The molecule has 2 nitrogen and oxygen atoms in total. The molecule has 0 spiro atoms. The summed E-state index contributed by atoms with van der Waals surface area (Å²) in [4.78, 5) is 2.34. The third-order valence-electron chi connectivity index (χ3n) is 1.92. The number of hydrogen-bond acceptors (Lipinski definition) is 2. The van der Waals surface area contributed by atoms with E-state index in [1.165, 1.54) is 19.5 Å². The lowest BCUT2D eigenvalue weighted by molar-refractivity contribution is 0.400. The summed E-state index contributed by atoms with van der Waals surface area (Å²) >= 11 is 5.54. The molecule has 1 unspecified atom stereocenters. The summed E-state index contributed by atoms with van der Waals surface area (Å²) in [6.45, 7) is 3.34. The van der Waals surface area contributed by atoms with E-state index in [-0.39, 0.29) is 0 Å². The molecule has 0 amide bonds. The van der Waals surface area contributed by atoms with Gasteiger partial charge in [-0.1, -0.05) is 0 Å². The first-order chi connectivity index (χ1) is 4.83. The Balaban J connectivity index is 2.06. The maximum atomic E-state index is 5.54. The molecule has 0 saturated carbocycles. The van der Waals surface area contributed by atoms with Crippen LogP contribution in [-0.4, -0.2) is 43.5 Å². The molecular formula is C7H15ClN2. The van der Waals surface area contributed by atoms with Crippen molar-refractivity contribution in [3.63, 3.8) is 0 Å². The molecule has 0 bridgehead atoms. The van der Waals surface area contributed by atoms with Crippen LogP contribution in [0.25, 0.3) is 0 Å². The zero-order valence-corrected chi connectivity index (χ0v) is 7.19. The van der Waals surface area contributed by atoms with E-state index in [1.807, 2.05) is 0 Å². The van der Waals surface area contributed by atoms with Gasteiger partial charge in [0.25, 0.3) is 0 Å². The van der Waals surface area contributed by atoms with Crippen molar-refractivity contribution >= 4 is 11.6 Å². The molecule has 10 heavy (non-hydrogen) atoms. The highest BCUT2D eigenvalue weighted by molar-refractivity contribution is 6.18. The van der Waals surface area contributed by atoms with E-state index in [9.17, 15) is 0 Å². The van der Waals surface area contributed by atoms with Crippen molar-refractivity contribution in [2.24, 2.45) is 0 Å². The van der Waals surface area contributed by atoms with Crippen LogP contribution >= 0.6 is 11.6 Å². The van der Waals surface area contributed by atoms with Crippen molar-refractivity contribution in [2.75, 3.05) is 32.6 Å². The van der Waals surface area contributed by atoms with Crippen molar-refractivity contribution in [2.45, 2.75) is 12.5 Å². The first-order valence-corrected chi connectivity index (χ1v) is 4.34. The molecule has 0 aromatic carbocycles. The number of nitrogens with one attached hydrogen (secondary N) is 1. The van der Waals surface area contributed by atoms with Crippen LogP contribution < -0.4 is 5.32 Å². The van der Waals surface area contributed by atoms with Crippen LogP contribution in [-0.2, 0) is 0 Å². The monoisotopic (exact) mass is 162 g/mol. The Morgan fingerprint density at radius 1 is 1.70 bits per heavy atom. The second-order valence-electron chi connectivity index (χ2n) is 2.89. The van der Waals surface area contributed by atoms with Crippen molar-refractivity contribution in [3.05, 3.63) is 0 Å². The zero-order chi connectivity index (χ0) is 7.40. The SMILES string of the molecule is CN1CCC(NCCCl)C1. The standard InChI is InChI=1S/C7H15ClN2/c1-10-5-2-7(6-10)9-4-3-8/h7,9H,2-6H2,1H3. The number of nitrogens with zero attached hydrogens (tertiary/aromatic N) is 1. The fraction of sp³-hybridized carbons (Fsp3) is 1.00. The maximum Gasteiger partial charge on any atom is 0.0348 e. The lowest BCUT2D eigenvalue weighted by atomic mass is 10.3. The summed E-state index contributed by atoms with van der Waals surface area (Å²) in [5.74, 6) is 0.722. The normalized spacial score (nSPS) is 27.6. The lowest BCUT2D eigenvalue weighted by Crippen LogP contribution is -2.32. The average molecular weight is 163 g/mol. The molecule has 1 atom stereocenters. The van der Waals surface area contributed by atoms with Gasteiger partial charge in [0.2, 0.25) is 0 Å². The number of halogens is 1. The topological polar surface area (TPSA) is 15.3 Å². The zero-order valence-electron chi connectivity index (χ0n) is 6.44. The number of alkyl halides is 1. The van der Waals surface area contributed by atoms with Gasteiger partial charge in [0.05, 0.1) is 0 Å². The van der Waals surface area contributed by atoms with Crippen LogP contribution in [0.5, 0.6) is 0 Å². The molecule has 1 aliphatic rings. The largest absolute Gasteiger partial charge is 0.311 e. The molecule has 1 N–H and O–H groups in total. The minimum absolute atomic E-state index is 0.684. The van der Waals surface area contributed by atoms with Crippen molar-refractivity contribution in [1.82, 2.24) is 10.2 Å². The van der Waals surface area contributed by atoms with E-state index in [2.05, 4.69) is 17.3 Å². The second kappa shape index (κ2) is 4.16. The summed E-state index contributed by atoms with van der Waals surface area (Å²) in [5, 5.41) is 3.39. The van der Waals surface area contributed by atoms with Gasteiger partial charge in [0, 0.05) is 25.0 Å². The van der Waals surface area contributed by atoms with Crippen molar-refractivity contribution in [1.29, 1.82) is 0 Å². The summed E-state index contributed by atoms with van der Waals surface area (Å²) in [7, 11) is 2.16. The molecule has 0 aliphatic carbocycles. The van der Waals surface area contributed by atoms with E-state index in [0.29, 0.717) is 6.04 Å². The first kappa shape index (κ1) is 8.31. The van der Waals surface area contributed by atoms with E-state index in [1.54, 1.807) is 0 Å². The molecule has 1 saturated heterocycles. The van der Waals surface area contributed by atoms with E-state index in [4.69, 9.17) is 11.6 Å². The molecule has 3 heteroatoms. The quantitative estimate of drug-likeness (QED) is 0.609. The Labute approximate surface area is 67.5 Å². The molecular weight excluding hydrogens is 148 g/mol. The minimum atomic E-state index is 0.684. The molecule has 0 aromatic heterocycles. The van der Waals surface area contributed by atoms with Crippen LogP contribution in [0.2, 0.25) is 0 Å². The van der Waals surface area contributed by atoms with Crippen molar-refractivity contribution < 1.29 is 0 Å². The summed E-state index contributed by atoms with van der Waals surface area (Å²) in [6.07, 6.45) is 1.27. The Kier molecular flexibility index (Phi) is 3.46. The van der Waals surface area contributed by atoms with Crippen LogP contribution in [0, 0.1) is 0 Å². The average Bonchev–Trinajstić information content (AvgIpc) is 2.31. The minimum Gasteiger partial charge on any atom is -0.311 e. The predicted octanol–water partition coefficient (Wildman–Crippen LogP) is 0.519. The van der Waals surface area contributed by atoms with Gasteiger partial charge in [-0.25, -0.2) is 0 Å². The van der Waals surface area contributed by atoms with Gasteiger partial charge in [0.1, 0.15) is 0 Å². The van der Waals surface area contributed by atoms with Crippen LogP contribution in [0.3, 0.4) is 0 Å². The van der Waals surface area contributed by atoms with Crippen molar-refractivity contribution in [3.8, 4) is 0 Å². The van der Waals surface area contributed by atoms with Gasteiger partial charge in [-0.15, -0.1) is 11.6 Å². The number of rotatable bonds is 3. The Morgan fingerprint density at radius 2 is 2.50 bits per heavy atom. The fourth-order valence-electron chi connectivity index (χ4n) is 1.36. The third kappa shape index (κ3) is 2.45. The number of likely N-dealkylation sites (N-methyl/N-ethyl adjacent to an activating group) is 1. The highest BCUT2D eigenvalue weighted by Gasteiger charge is 2.17. The van der Waals surface area contributed by atoms with E-state index < -0.39 is 0 Å². The Bertz CT molecular complexity index is 97.6. The third-order valence-corrected chi connectivity index (χ3v) is 2.11. The molecule has 1 rings (SSSR count). The van der Waals surface area contributed by atoms with Gasteiger partial charge >= 0.3 is 0 Å². The molecule has 1 heterocycles. The Hall–Kier alpha value is 0.210. The van der Waals surface area contributed by atoms with Crippen LogP contribution in [0.4, 0.5) is 0 Å². The van der Waals surface area contributed by atoms with Gasteiger partial charge in [-0.3, -0.25) is 0 Å². The fourth-order valence-corrected chi connectivity index (χ4v) is 1.47. The van der Waals surface area contributed by atoms with Gasteiger partial charge in [-0.2, -0.15) is 0 Å². The maximum absolute atomic E-state index is 5.54. The number of hydrogen-bond donors (Lipinski definition) is 1. The smallest absolute Gasteiger partial charge is 0.0348 e. The molecule has 60 valence electrons. The molecule has 0 aromatic rings. The van der Waals surface area contributed by atoms with Crippen LogP contribution in [0.1, 0.15) is 6.42 Å². The summed E-state index contributed by atoms with van der Waals surface area (Å²) < 4.78 is 0. The van der Waals surface area contributed by atoms with Gasteiger partial charge in [-0.05, 0) is 20.0 Å². The second-order valence-corrected chi connectivity index (χ2v) is 3.27. The summed E-state index contributed by atoms with van der Waals surface area (Å²) in [5.41, 5.74) is 0. The number of likely N-dealkylation sites (tertiary alicyclic amines) is 1. The predicted molar refractivity (Wildman–Crippen MR) is 44.6 cm³/mol. The van der Waals surface area contributed by atoms with E-state index >= 15 is 0 Å². The molecule has 0 radical (unpaired) electrons. The van der Waals surface area contributed by atoms with Gasteiger partial charge < -0.3 is 10.2 Å². The summed E-state index contributed by atoms with van der Waals surface area (Å²) in [6, 6.07) is 0.684. The molecule has 1 fully saturated rings. The van der Waals surface area contributed by atoms with Gasteiger partial charge in [0.15, 0.2) is 0 Å². The van der Waals surface area contributed by atoms with Crippen LogP contribution in [0.15, 0.2) is 0 Å². The Morgan fingerprint density at radius 3 is 3.00 bits per heavy atom. The molecule has 1 aliphatic heterocycles. The first-order valence-electron chi connectivity index (χ1n) is 3.81. The lowest BCUT2D eigenvalue weighted by Gasteiger charge is -2.10. The highest BCUT2D eigenvalue weighted by Crippen LogP contribution is 2.05.